The molecular weight excluding hydrogens is 274 g/mol. The summed E-state index contributed by atoms with van der Waals surface area (Å²) in [5, 5.41) is 2.03. The topological polar surface area (TPSA) is 39.2 Å². The van der Waals surface area contributed by atoms with Crippen molar-refractivity contribution in [3.8, 4) is 0 Å². The van der Waals surface area contributed by atoms with Gasteiger partial charge in [0.1, 0.15) is 11.5 Å². The molecule has 0 spiro atoms. The van der Waals surface area contributed by atoms with Crippen molar-refractivity contribution in [2.75, 3.05) is 0 Å². The lowest BCUT2D eigenvalue weighted by molar-refractivity contribution is 0.500. The molecule has 2 aromatic rings. The van der Waals surface area contributed by atoms with E-state index in [-0.39, 0.29) is 6.04 Å². The quantitative estimate of drug-likeness (QED) is 0.912. The van der Waals surface area contributed by atoms with Crippen molar-refractivity contribution in [2.24, 2.45) is 5.73 Å². The third-order valence-corrected chi connectivity index (χ3v) is 4.30. The molecule has 0 amide bonds. The van der Waals surface area contributed by atoms with Crippen molar-refractivity contribution < 1.29 is 4.42 Å². The number of hydrogen-bond acceptors (Lipinski definition) is 3. The molecule has 1 unspecified atom stereocenters. The number of aryl methyl sites for hydroxylation is 2. The zero-order valence-electron chi connectivity index (χ0n) is 8.58. The summed E-state index contributed by atoms with van der Waals surface area (Å²) in [7, 11) is 0. The fourth-order valence-corrected chi connectivity index (χ4v) is 3.27. The molecule has 0 aromatic carbocycles. The molecule has 0 bridgehead atoms. The second-order valence-electron chi connectivity index (χ2n) is 3.48. The van der Waals surface area contributed by atoms with Gasteiger partial charge < -0.3 is 10.2 Å². The molecular formula is C11H12BrNOS. The highest BCUT2D eigenvalue weighted by Gasteiger charge is 2.18. The third-order valence-electron chi connectivity index (χ3n) is 2.34. The lowest BCUT2D eigenvalue weighted by Gasteiger charge is -2.08. The molecule has 0 radical (unpaired) electrons. The van der Waals surface area contributed by atoms with Crippen LogP contribution < -0.4 is 5.73 Å². The van der Waals surface area contributed by atoms with Crippen molar-refractivity contribution in [3.63, 3.8) is 0 Å². The first-order valence-electron chi connectivity index (χ1n) is 4.65. The smallest absolute Gasteiger partial charge is 0.106 e. The van der Waals surface area contributed by atoms with E-state index in [1.165, 1.54) is 0 Å². The SMILES string of the molecule is Cc1cc(C(N)c2sccc2Br)c(C)o1. The van der Waals surface area contributed by atoms with Gasteiger partial charge in [-0.25, -0.2) is 0 Å². The van der Waals surface area contributed by atoms with Crippen LogP contribution in [0.2, 0.25) is 0 Å². The van der Waals surface area contributed by atoms with Gasteiger partial charge in [0.25, 0.3) is 0 Å². The maximum absolute atomic E-state index is 6.20. The summed E-state index contributed by atoms with van der Waals surface area (Å²) < 4.78 is 6.55. The minimum atomic E-state index is -0.100. The number of rotatable bonds is 2. The molecule has 2 heterocycles. The molecule has 0 saturated carbocycles. The fourth-order valence-electron chi connectivity index (χ4n) is 1.63. The van der Waals surface area contributed by atoms with E-state index in [0.717, 1.165) is 26.4 Å². The molecule has 0 fully saturated rings. The normalized spacial score (nSPS) is 13.1. The van der Waals surface area contributed by atoms with Gasteiger partial charge in [0.15, 0.2) is 0 Å². The van der Waals surface area contributed by atoms with Gasteiger partial charge >= 0.3 is 0 Å². The molecule has 2 nitrogen and oxygen atoms in total. The minimum absolute atomic E-state index is 0.100. The maximum Gasteiger partial charge on any atom is 0.106 e. The first-order valence-corrected chi connectivity index (χ1v) is 6.32. The lowest BCUT2D eigenvalue weighted by Crippen LogP contribution is -2.10. The van der Waals surface area contributed by atoms with Crippen LogP contribution in [0.4, 0.5) is 0 Å². The van der Waals surface area contributed by atoms with E-state index in [4.69, 9.17) is 10.2 Å². The molecule has 0 saturated heterocycles. The van der Waals surface area contributed by atoms with Crippen molar-refractivity contribution in [1.82, 2.24) is 0 Å². The van der Waals surface area contributed by atoms with Gasteiger partial charge in [-0.1, -0.05) is 0 Å². The van der Waals surface area contributed by atoms with Crippen molar-refractivity contribution >= 4 is 27.3 Å². The van der Waals surface area contributed by atoms with Crippen molar-refractivity contribution in [2.45, 2.75) is 19.9 Å². The molecule has 4 heteroatoms. The predicted octanol–water partition coefficient (Wildman–Crippen LogP) is 3.77. The highest BCUT2D eigenvalue weighted by molar-refractivity contribution is 9.10. The van der Waals surface area contributed by atoms with Crippen LogP contribution in [-0.4, -0.2) is 0 Å². The van der Waals surface area contributed by atoms with Gasteiger partial charge in [0.05, 0.1) is 6.04 Å². The molecule has 2 N–H and O–H groups in total. The number of nitrogens with two attached hydrogens (primary N) is 1. The molecule has 80 valence electrons. The molecule has 1 atom stereocenters. The van der Waals surface area contributed by atoms with Crippen molar-refractivity contribution in [1.29, 1.82) is 0 Å². The van der Waals surface area contributed by atoms with Crippen LogP contribution in [0.3, 0.4) is 0 Å². The van der Waals surface area contributed by atoms with Gasteiger partial charge in [-0.15, -0.1) is 11.3 Å². The van der Waals surface area contributed by atoms with E-state index in [2.05, 4.69) is 15.9 Å². The Kier molecular flexibility index (Phi) is 3.00. The summed E-state index contributed by atoms with van der Waals surface area (Å²) in [5.74, 6) is 1.81. The number of furan rings is 1. The monoisotopic (exact) mass is 285 g/mol. The Morgan fingerprint density at radius 2 is 2.20 bits per heavy atom. The second-order valence-corrected chi connectivity index (χ2v) is 5.28. The van der Waals surface area contributed by atoms with Gasteiger partial charge in [-0.3, -0.25) is 0 Å². The van der Waals surface area contributed by atoms with Crippen LogP contribution in [0.5, 0.6) is 0 Å². The van der Waals surface area contributed by atoms with Crippen LogP contribution in [0, 0.1) is 13.8 Å². The van der Waals surface area contributed by atoms with Crippen molar-refractivity contribution in [3.05, 3.63) is 43.9 Å². The number of hydrogen-bond donors (Lipinski definition) is 1. The Labute approximate surface area is 101 Å². The average Bonchev–Trinajstić information content (AvgIpc) is 2.71. The van der Waals surface area contributed by atoms with Gasteiger partial charge in [0, 0.05) is 14.9 Å². The van der Waals surface area contributed by atoms with E-state index < -0.39 is 0 Å². The standard InChI is InChI=1S/C11H12BrNOS/c1-6-5-8(7(2)14-6)10(13)11-9(12)3-4-15-11/h3-5,10H,13H2,1-2H3. The molecule has 2 rings (SSSR count). The Hall–Kier alpha value is -0.580. The summed E-state index contributed by atoms with van der Waals surface area (Å²) in [6, 6.07) is 3.92. The summed E-state index contributed by atoms with van der Waals surface area (Å²) in [6.07, 6.45) is 0. The first-order chi connectivity index (χ1) is 7.09. The molecule has 0 aliphatic rings. The summed E-state index contributed by atoms with van der Waals surface area (Å²) in [5.41, 5.74) is 7.26. The maximum atomic E-state index is 6.20. The zero-order chi connectivity index (χ0) is 11.0. The van der Waals surface area contributed by atoms with Gasteiger partial charge in [-0.05, 0) is 47.3 Å². The lowest BCUT2D eigenvalue weighted by atomic mass is 10.1. The number of halogens is 1. The highest BCUT2D eigenvalue weighted by atomic mass is 79.9. The van der Waals surface area contributed by atoms with E-state index in [1.807, 2.05) is 31.4 Å². The largest absolute Gasteiger partial charge is 0.466 e. The van der Waals surface area contributed by atoms with E-state index in [0.29, 0.717) is 0 Å². The van der Waals surface area contributed by atoms with Crippen LogP contribution in [0.1, 0.15) is 28.0 Å². The first kappa shape index (κ1) is 10.9. The minimum Gasteiger partial charge on any atom is -0.466 e. The zero-order valence-corrected chi connectivity index (χ0v) is 11.0. The van der Waals surface area contributed by atoms with Crippen LogP contribution in [0.15, 0.2) is 26.4 Å². The Morgan fingerprint density at radius 1 is 1.47 bits per heavy atom. The molecule has 0 aliphatic carbocycles. The molecule has 2 aromatic heterocycles. The Balaban J connectivity index is 2.40. The summed E-state index contributed by atoms with van der Waals surface area (Å²) in [6.45, 7) is 3.89. The van der Waals surface area contributed by atoms with E-state index in [9.17, 15) is 0 Å². The molecule has 0 aliphatic heterocycles. The van der Waals surface area contributed by atoms with E-state index >= 15 is 0 Å². The van der Waals surface area contributed by atoms with E-state index in [1.54, 1.807) is 11.3 Å². The molecule has 15 heavy (non-hydrogen) atoms. The fraction of sp³-hybridized carbons (Fsp3) is 0.273. The van der Waals surface area contributed by atoms with Gasteiger partial charge in [-0.2, -0.15) is 0 Å². The second kappa shape index (κ2) is 4.12. The highest BCUT2D eigenvalue weighted by Crippen LogP contribution is 2.33. The summed E-state index contributed by atoms with van der Waals surface area (Å²) >= 11 is 5.15. The number of thiophene rings is 1. The Morgan fingerprint density at radius 3 is 2.67 bits per heavy atom. The van der Waals surface area contributed by atoms with Gasteiger partial charge in [0.2, 0.25) is 0 Å². The van der Waals surface area contributed by atoms with Crippen LogP contribution in [-0.2, 0) is 0 Å². The predicted molar refractivity (Wildman–Crippen MR) is 66.2 cm³/mol. The van der Waals surface area contributed by atoms with Crippen LogP contribution >= 0.6 is 27.3 Å². The third kappa shape index (κ3) is 2.02. The van der Waals surface area contributed by atoms with Crippen LogP contribution in [0.25, 0.3) is 0 Å². The average molecular weight is 286 g/mol. The summed E-state index contributed by atoms with van der Waals surface area (Å²) in [4.78, 5) is 1.14. The Bertz CT molecular complexity index is 475.